The number of benzene rings is 1. The highest BCUT2D eigenvalue weighted by atomic mass is 32.2. The predicted octanol–water partition coefficient (Wildman–Crippen LogP) is 2.69. The molecule has 3 rings (SSSR count). The molecule has 2 aliphatic heterocycles. The summed E-state index contributed by atoms with van der Waals surface area (Å²) in [5, 5.41) is -0.753. The molecule has 2 heterocycles. The van der Waals surface area contributed by atoms with Crippen LogP contribution >= 0.6 is 0 Å². The van der Waals surface area contributed by atoms with E-state index in [1.54, 1.807) is 0 Å². The highest BCUT2D eigenvalue weighted by Crippen LogP contribution is 2.40. The van der Waals surface area contributed by atoms with Crippen molar-refractivity contribution in [1.82, 2.24) is 0 Å². The Kier molecular flexibility index (Phi) is 4.45. The van der Waals surface area contributed by atoms with E-state index in [1.165, 1.54) is 25.3 Å². The van der Waals surface area contributed by atoms with Crippen LogP contribution < -0.4 is 4.74 Å². The largest absolute Gasteiger partial charge is 0.496 e. The molecule has 0 radical (unpaired) electrons. The number of ether oxygens (including phenoxy) is 1. The van der Waals surface area contributed by atoms with Crippen molar-refractivity contribution >= 4 is 15.6 Å². The van der Waals surface area contributed by atoms with E-state index < -0.39 is 15.7 Å². The quantitative estimate of drug-likeness (QED) is 0.845. The topological polar surface area (TPSA) is 60.4 Å². The molecule has 2 atom stereocenters. The molecule has 0 spiro atoms. The maximum Gasteiger partial charge on any atom is 0.156 e. The lowest BCUT2D eigenvalue weighted by Gasteiger charge is -2.38. The van der Waals surface area contributed by atoms with Crippen molar-refractivity contribution in [3.8, 4) is 5.75 Å². The van der Waals surface area contributed by atoms with Gasteiger partial charge in [-0.05, 0) is 43.9 Å². The van der Waals surface area contributed by atoms with E-state index in [2.05, 4.69) is 0 Å². The zero-order valence-corrected chi connectivity index (χ0v) is 13.9. The molecule has 4 nitrogen and oxygen atoms in total. The number of hydrogen-bond acceptors (Lipinski definition) is 4. The molecule has 0 saturated carbocycles. The van der Waals surface area contributed by atoms with Gasteiger partial charge >= 0.3 is 0 Å². The molecule has 23 heavy (non-hydrogen) atoms. The number of ketones is 1. The van der Waals surface area contributed by atoms with Gasteiger partial charge in [0.1, 0.15) is 17.3 Å². The smallest absolute Gasteiger partial charge is 0.156 e. The van der Waals surface area contributed by atoms with Crippen molar-refractivity contribution in [1.29, 1.82) is 0 Å². The highest BCUT2D eigenvalue weighted by Gasteiger charge is 2.45. The van der Waals surface area contributed by atoms with Crippen molar-refractivity contribution in [2.45, 2.75) is 49.0 Å². The lowest BCUT2D eigenvalue weighted by molar-refractivity contribution is -0.122. The summed E-state index contributed by atoms with van der Waals surface area (Å²) in [5.41, 5.74) is 0.524. The Bertz CT molecular complexity index is 693. The third kappa shape index (κ3) is 3.13. The molecule has 1 aromatic rings. The lowest BCUT2D eigenvalue weighted by atomic mass is 9.84. The molecular weight excluding hydrogens is 319 g/mol. The predicted molar refractivity (Wildman–Crippen MR) is 84.7 cm³/mol. The molecule has 2 saturated heterocycles. The summed E-state index contributed by atoms with van der Waals surface area (Å²) in [7, 11) is -1.58. The molecule has 2 bridgehead atoms. The highest BCUT2D eigenvalue weighted by molar-refractivity contribution is 7.92. The first-order chi connectivity index (χ1) is 10.9. The molecule has 0 aromatic heterocycles. The maximum absolute atomic E-state index is 13.4. The van der Waals surface area contributed by atoms with Crippen LogP contribution in [-0.2, 0) is 21.1 Å². The fourth-order valence-electron chi connectivity index (χ4n) is 3.89. The van der Waals surface area contributed by atoms with Crippen molar-refractivity contribution in [2.24, 2.45) is 5.92 Å². The zero-order valence-electron chi connectivity index (χ0n) is 13.1. The Labute approximate surface area is 136 Å². The van der Waals surface area contributed by atoms with Crippen LogP contribution in [0.4, 0.5) is 4.39 Å². The monoisotopic (exact) mass is 340 g/mol. The average Bonchev–Trinajstić information content (AvgIpc) is 2.46. The van der Waals surface area contributed by atoms with Crippen molar-refractivity contribution < 1.29 is 22.3 Å². The summed E-state index contributed by atoms with van der Waals surface area (Å²) in [6.45, 7) is 0. The third-order valence-corrected chi connectivity index (χ3v) is 7.85. The van der Waals surface area contributed by atoms with Gasteiger partial charge in [0.2, 0.25) is 0 Å². The first-order valence-corrected chi connectivity index (χ1v) is 9.60. The molecule has 126 valence electrons. The molecule has 1 aromatic carbocycles. The second-order valence-corrected chi connectivity index (χ2v) is 9.04. The SMILES string of the molecule is COc1ccc(F)cc1CC(=O)C1CC2CCCC(C1)S2(=O)=O. The summed E-state index contributed by atoms with van der Waals surface area (Å²) in [6.07, 6.45) is 3.15. The van der Waals surface area contributed by atoms with Gasteiger partial charge in [-0.15, -0.1) is 0 Å². The van der Waals surface area contributed by atoms with Crippen molar-refractivity contribution in [3.05, 3.63) is 29.6 Å². The molecule has 2 unspecified atom stereocenters. The van der Waals surface area contributed by atoms with Crippen LogP contribution in [0.3, 0.4) is 0 Å². The second-order valence-electron chi connectivity index (χ2n) is 6.53. The fraction of sp³-hybridized carbons (Fsp3) is 0.588. The van der Waals surface area contributed by atoms with Gasteiger partial charge in [0.05, 0.1) is 17.6 Å². The zero-order chi connectivity index (χ0) is 16.6. The van der Waals surface area contributed by atoms with E-state index in [1.807, 2.05) is 0 Å². The minimum Gasteiger partial charge on any atom is -0.496 e. The van der Waals surface area contributed by atoms with Crippen molar-refractivity contribution in [2.75, 3.05) is 7.11 Å². The summed E-state index contributed by atoms with van der Waals surface area (Å²) in [6, 6.07) is 4.12. The number of rotatable bonds is 4. The number of hydrogen-bond donors (Lipinski definition) is 0. The molecule has 6 heteroatoms. The van der Waals surface area contributed by atoms with Gasteiger partial charge in [-0.1, -0.05) is 6.42 Å². The Morgan fingerprint density at radius 1 is 1.26 bits per heavy atom. The standard InChI is InChI=1S/C17H21FO4S/c1-22-17-6-5-13(18)7-12(17)10-16(19)11-8-14-3-2-4-15(9-11)23(14,20)21/h5-7,11,14-15H,2-4,8-10H2,1H3. The molecule has 0 amide bonds. The number of carbonyl (C=O) groups is 1. The minimum absolute atomic E-state index is 0.0132. The number of Topliss-reactive ketones (excluding diaryl/α,β-unsaturated/α-hetero) is 1. The molecular formula is C17H21FO4S. The van der Waals surface area contributed by atoms with Gasteiger partial charge in [0.15, 0.2) is 9.84 Å². The van der Waals surface area contributed by atoms with E-state index in [0.717, 1.165) is 6.42 Å². The van der Waals surface area contributed by atoms with Gasteiger partial charge in [-0.25, -0.2) is 12.8 Å². The number of halogens is 1. The molecule has 2 aliphatic rings. The molecule has 0 aliphatic carbocycles. The first kappa shape index (κ1) is 16.4. The maximum atomic E-state index is 13.4. The Morgan fingerprint density at radius 2 is 1.91 bits per heavy atom. The number of fused-ring (bicyclic) bond motifs is 2. The first-order valence-electron chi connectivity index (χ1n) is 7.99. The van der Waals surface area contributed by atoms with Gasteiger partial charge in [-0.3, -0.25) is 4.79 Å². The molecule has 2 fully saturated rings. The van der Waals surface area contributed by atoms with Gasteiger partial charge < -0.3 is 4.74 Å². The van der Waals surface area contributed by atoms with E-state index >= 15 is 0 Å². The van der Waals surface area contributed by atoms with E-state index in [0.29, 0.717) is 37.0 Å². The van der Waals surface area contributed by atoms with Crippen LogP contribution in [0.5, 0.6) is 5.75 Å². The number of carbonyl (C=O) groups excluding carboxylic acids is 1. The van der Waals surface area contributed by atoms with E-state index in [-0.39, 0.29) is 28.6 Å². The number of methoxy groups -OCH3 is 1. The fourth-order valence-corrected chi connectivity index (χ4v) is 6.42. The van der Waals surface area contributed by atoms with E-state index in [9.17, 15) is 17.6 Å². The summed E-state index contributed by atoms with van der Waals surface area (Å²) >= 11 is 0. The van der Waals surface area contributed by atoms with Crippen molar-refractivity contribution in [3.63, 3.8) is 0 Å². The van der Waals surface area contributed by atoms with Crippen LogP contribution in [-0.4, -0.2) is 31.8 Å². The Balaban J connectivity index is 1.76. The Morgan fingerprint density at radius 3 is 2.52 bits per heavy atom. The third-order valence-electron chi connectivity index (χ3n) is 5.14. The van der Waals surface area contributed by atoms with Crippen LogP contribution in [0.1, 0.15) is 37.7 Å². The van der Waals surface area contributed by atoms with Gasteiger partial charge in [-0.2, -0.15) is 0 Å². The molecule has 0 N–H and O–H groups in total. The van der Waals surface area contributed by atoms with Crippen LogP contribution in [0.15, 0.2) is 18.2 Å². The summed E-state index contributed by atoms with van der Waals surface area (Å²) in [4.78, 5) is 12.6. The van der Waals surface area contributed by atoms with Crippen LogP contribution in [0, 0.1) is 11.7 Å². The second kappa shape index (κ2) is 6.23. The summed E-state index contributed by atoms with van der Waals surface area (Å²) < 4.78 is 43.2. The minimum atomic E-state index is -3.06. The normalized spacial score (nSPS) is 29.0. The van der Waals surface area contributed by atoms with Gasteiger partial charge in [0, 0.05) is 17.9 Å². The van der Waals surface area contributed by atoms with Crippen LogP contribution in [0.25, 0.3) is 0 Å². The lowest BCUT2D eigenvalue weighted by Crippen LogP contribution is -2.45. The van der Waals surface area contributed by atoms with E-state index in [4.69, 9.17) is 4.74 Å². The summed E-state index contributed by atoms with van der Waals surface area (Å²) in [5.74, 6) is -0.178. The number of sulfone groups is 1. The van der Waals surface area contributed by atoms with Gasteiger partial charge in [0.25, 0.3) is 0 Å². The Hall–Kier alpha value is -1.43. The average molecular weight is 340 g/mol. The van der Waals surface area contributed by atoms with Crippen LogP contribution in [0.2, 0.25) is 0 Å².